The van der Waals surface area contributed by atoms with Crippen LogP contribution in [0.5, 0.6) is 0 Å². The van der Waals surface area contributed by atoms with E-state index in [-0.39, 0.29) is 0 Å². The Hall–Kier alpha value is -1.19. The topological polar surface area (TPSA) is 42.2 Å². The molecule has 0 saturated carbocycles. The number of aryl methyl sites for hydroxylation is 1. The number of thiophene rings is 1. The lowest BCUT2D eigenvalue weighted by Gasteiger charge is -2.13. The molecular weight excluding hydrogens is 274 g/mol. The van der Waals surface area contributed by atoms with Crippen LogP contribution in [0.25, 0.3) is 0 Å². The van der Waals surface area contributed by atoms with Crippen LogP contribution in [-0.4, -0.2) is 23.5 Å². The van der Waals surface area contributed by atoms with E-state index in [1.807, 2.05) is 6.92 Å². The van der Waals surface area contributed by atoms with Crippen LogP contribution in [0.4, 0.5) is 0 Å². The molecule has 0 spiro atoms. The standard InChI is InChI=1S/C14H17N3S2/c1-11-16-12(10-18-11)8-17(2)9-14-6-5-13(19-14)4-3-7-15/h5-6,10H,7-9,15H2,1-2H3. The van der Waals surface area contributed by atoms with Crippen LogP contribution in [0, 0.1) is 18.8 Å². The molecule has 0 atom stereocenters. The zero-order valence-corrected chi connectivity index (χ0v) is 12.8. The van der Waals surface area contributed by atoms with Gasteiger partial charge in [0.25, 0.3) is 0 Å². The van der Waals surface area contributed by atoms with Gasteiger partial charge in [-0.25, -0.2) is 4.98 Å². The first-order valence-corrected chi connectivity index (χ1v) is 7.74. The maximum Gasteiger partial charge on any atom is 0.0897 e. The first-order chi connectivity index (χ1) is 9.17. The minimum atomic E-state index is 0.413. The molecule has 0 amide bonds. The number of rotatable bonds is 4. The van der Waals surface area contributed by atoms with Gasteiger partial charge in [0.15, 0.2) is 0 Å². The molecule has 0 aliphatic heterocycles. The van der Waals surface area contributed by atoms with E-state index in [1.54, 1.807) is 22.7 Å². The normalized spacial score (nSPS) is 10.5. The van der Waals surface area contributed by atoms with E-state index in [9.17, 15) is 0 Å². The lowest BCUT2D eigenvalue weighted by molar-refractivity contribution is 0.318. The predicted octanol–water partition coefficient (Wildman–Crippen LogP) is 2.46. The van der Waals surface area contributed by atoms with Crippen LogP contribution in [0.15, 0.2) is 17.5 Å². The molecule has 5 heteroatoms. The van der Waals surface area contributed by atoms with Crippen LogP contribution in [0.2, 0.25) is 0 Å². The van der Waals surface area contributed by atoms with E-state index in [0.717, 1.165) is 28.7 Å². The fourth-order valence-corrected chi connectivity index (χ4v) is 3.31. The van der Waals surface area contributed by atoms with Crippen molar-refractivity contribution in [2.24, 2.45) is 5.73 Å². The molecule has 2 heterocycles. The molecule has 0 aliphatic rings. The maximum absolute atomic E-state index is 5.37. The Balaban J connectivity index is 1.91. The molecule has 0 aromatic carbocycles. The summed E-state index contributed by atoms with van der Waals surface area (Å²) >= 11 is 3.43. The van der Waals surface area contributed by atoms with Crippen molar-refractivity contribution in [1.29, 1.82) is 0 Å². The molecule has 2 rings (SSSR count). The third-order valence-corrected chi connectivity index (χ3v) is 4.31. The Labute approximate surface area is 122 Å². The minimum absolute atomic E-state index is 0.413. The molecule has 0 radical (unpaired) electrons. The molecule has 19 heavy (non-hydrogen) atoms. The van der Waals surface area contributed by atoms with Gasteiger partial charge in [-0.3, -0.25) is 4.90 Å². The summed E-state index contributed by atoms with van der Waals surface area (Å²) in [4.78, 5) is 9.14. The van der Waals surface area contributed by atoms with Gasteiger partial charge in [-0.1, -0.05) is 11.8 Å². The van der Waals surface area contributed by atoms with Gasteiger partial charge in [-0.05, 0) is 26.1 Å². The smallest absolute Gasteiger partial charge is 0.0897 e. The molecule has 0 saturated heterocycles. The Morgan fingerprint density at radius 1 is 1.37 bits per heavy atom. The lowest BCUT2D eigenvalue weighted by atomic mass is 10.3. The average Bonchev–Trinajstić information content (AvgIpc) is 2.96. The van der Waals surface area contributed by atoms with E-state index in [1.165, 1.54) is 4.88 Å². The predicted molar refractivity (Wildman–Crippen MR) is 82.3 cm³/mol. The Morgan fingerprint density at radius 2 is 2.21 bits per heavy atom. The number of hydrogen-bond acceptors (Lipinski definition) is 5. The first-order valence-electron chi connectivity index (χ1n) is 6.04. The van der Waals surface area contributed by atoms with Crippen LogP contribution in [-0.2, 0) is 13.1 Å². The van der Waals surface area contributed by atoms with Crippen molar-refractivity contribution in [3.05, 3.63) is 38.0 Å². The van der Waals surface area contributed by atoms with Gasteiger partial charge in [0.05, 0.1) is 22.1 Å². The zero-order chi connectivity index (χ0) is 13.7. The SMILES string of the molecule is Cc1nc(CN(C)Cc2ccc(C#CCN)s2)cs1. The summed E-state index contributed by atoms with van der Waals surface area (Å²) in [5.41, 5.74) is 6.51. The van der Waals surface area contributed by atoms with Crippen molar-refractivity contribution in [2.45, 2.75) is 20.0 Å². The van der Waals surface area contributed by atoms with Crippen LogP contribution < -0.4 is 5.73 Å². The molecule has 0 bridgehead atoms. The van der Waals surface area contributed by atoms with Crippen LogP contribution >= 0.6 is 22.7 Å². The third-order valence-electron chi connectivity index (χ3n) is 2.50. The highest BCUT2D eigenvalue weighted by molar-refractivity contribution is 7.12. The van der Waals surface area contributed by atoms with Crippen molar-refractivity contribution >= 4 is 22.7 Å². The van der Waals surface area contributed by atoms with Gasteiger partial charge in [0.1, 0.15) is 0 Å². The number of hydrogen-bond donors (Lipinski definition) is 1. The van der Waals surface area contributed by atoms with E-state index in [4.69, 9.17) is 5.73 Å². The molecular formula is C14H17N3S2. The van der Waals surface area contributed by atoms with Crippen LogP contribution in [0.3, 0.4) is 0 Å². The lowest BCUT2D eigenvalue weighted by Crippen LogP contribution is -2.16. The molecule has 0 unspecified atom stereocenters. The fraction of sp³-hybridized carbons (Fsp3) is 0.357. The van der Waals surface area contributed by atoms with Crippen molar-refractivity contribution in [1.82, 2.24) is 9.88 Å². The van der Waals surface area contributed by atoms with Gasteiger partial charge >= 0.3 is 0 Å². The third kappa shape index (κ3) is 4.44. The second-order valence-electron chi connectivity index (χ2n) is 4.30. The average molecular weight is 291 g/mol. The van der Waals surface area contributed by atoms with Crippen LogP contribution in [0.1, 0.15) is 20.5 Å². The highest BCUT2D eigenvalue weighted by atomic mass is 32.1. The Kier molecular flexibility index (Phi) is 5.11. The molecule has 0 aliphatic carbocycles. The maximum atomic E-state index is 5.37. The Bertz CT molecular complexity index is 589. The van der Waals surface area contributed by atoms with Crippen molar-refractivity contribution in [2.75, 3.05) is 13.6 Å². The van der Waals surface area contributed by atoms with Crippen molar-refractivity contribution < 1.29 is 0 Å². The minimum Gasteiger partial charge on any atom is -0.320 e. The molecule has 0 fully saturated rings. The first kappa shape index (κ1) is 14.2. The molecule has 100 valence electrons. The summed E-state index contributed by atoms with van der Waals surface area (Å²) < 4.78 is 0. The summed E-state index contributed by atoms with van der Waals surface area (Å²) in [6.45, 7) is 4.25. The summed E-state index contributed by atoms with van der Waals surface area (Å²) in [5, 5.41) is 3.25. The number of nitrogens with zero attached hydrogens (tertiary/aromatic N) is 2. The van der Waals surface area contributed by atoms with E-state index < -0.39 is 0 Å². The quantitative estimate of drug-likeness (QED) is 0.880. The number of aromatic nitrogens is 1. The second kappa shape index (κ2) is 6.83. The van der Waals surface area contributed by atoms with Gasteiger partial charge < -0.3 is 5.73 Å². The highest BCUT2D eigenvalue weighted by Gasteiger charge is 2.06. The zero-order valence-electron chi connectivity index (χ0n) is 11.1. The van der Waals surface area contributed by atoms with E-state index in [2.05, 4.69) is 46.3 Å². The molecule has 2 N–H and O–H groups in total. The largest absolute Gasteiger partial charge is 0.320 e. The van der Waals surface area contributed by atoms with Gasteiger partial charge in [0.2, 0.25) is 0 Å². The molecule has 2 aromatic heterocycles. The number of thiazole rings is 1. The summed E-state index contributed by atoms with van der Waals surface area (Å²) in [5.74, 6) is 5.95. The van der Waals surface area contributed by atoms with E-state index in [0.29, 0.717) is 6.54 Å². The summed E-state index contributed by atoms with van der Waals surface area (Å²) in [6, 6.07) is 4.19. The van der Waals surface area contributed by atoms with E-state index >= 15 is 0 Å². The fourth-order valence-electron chi connectivity index (χ4n) is 1.75. The van der Waals surface area contributed by atoms with Crippen molar-refractivity contribution in [3.8, 4) is 11.8 Å². The van der Waals surface area contributed by atoms with Gasteiger partial charge in [-0.15, -0.1) is 22.7 Å². The molecule has 3 nitrogen and oxygen atoms in total. The molecule has 2 aromatic rings. The summed E-state index contributed by atoms with van der Waals surface area (Å²) in [6.07, 6.45) is 0. The van der Waals surface area contributed by atoms with Gasteiger partial charge in [0, 0.05) is 23.3 Å². The summed E-state index contributed by atoms with van der Waals surface area (Å²) in [7, 11) is 2.11. The Morgan fingerprint density at radius 3 is 2.89 bits per heavy atom. The second-order valence-corrected chi connectivity index (χ2v) is 6.53. The van der Waals surface area contributed by atoms with Crippen molar-refractivity contribution in [3.63, 3.8) is 0 Å². The highest BCUT2D eigenvalue weighted by Crippen LogP contribution is 2.18. The monoisotopic (exact) mass is 291 g/mol. The van der Waals surface area contributed by atoms with Gasteiger partial charge in [-0.2, -0.15) is 0 Å². The number of nitrogens with two attached hydrogens (primary N) is 1.